The zero-order valence-corrected chi connectivity index (χ0v) is 15.1. The van der Waals surface area contributed by atoms with Gasteiger partial charge in [-0.05, 0) is 38.1 Å². The number of nitrogen functional groups attached to an aromatic ring is 1. The van der Waals surface area contributed by atoms with Gasteiger partial charge >= 0.3 is 0 Å². The number of aromatic nitrogens is 2. The van der Waals surface area contributed by atoms with Gasteiger partial charge in [-0.1, -0.05) is 23.2 Å². The van der Waals surface area contributed by atoms with Gasteiger partial charge in [0.1, 0.15) is 0 Å². The Bertz CT molecular complexity index is 824. The number of hydrogen-bond acceptors (Lipinski definition) is 3. The second-order valence-electron chi connectivity index (χ2n) is 4.79. The average Bonchev–Trinajstić information content (AvgIpc) is 2.97. The molecule has 0 saturated carbocycles. The van der Waals surface area contributed by atoms with E-state index in [4.69, 9.17) is 28.9 Å². The van der Waals surface area contributed by atoms with Crippen LogP contribution in [0.4, 0.5) is 5.13 Å². The average molecular weight is 375 g/mol. The van der Waals surface area contributed by atoms with Crippen LogP contribution in [0.15, 0.2) is 29.6 Å². The van der Waals surface area contributed by atoms with Crippen LogP contribution < -0.4 is 5.73 Å². The number of thiazole rings is 1. The van der Waals surface area contributed by atoms with E-state index in [-0.39, 0.29) is 12.4 Å². The van der Waals surface area contributed by atoms with E-state index < -0.39 is 0 Å². The van der Waals surface area contributed by atoms with Gasteiger partial charge in [0.2, 0.25) is 0 Å². The van der Waals surface area contributed by atoms with Crippen molar-refractivity contribution < 1.29 is 0 Å². The number of anilines is 1. The molecule has 2 aromatic heterocycles. The van der Waals surface area contributed by atoms with Crippen molar-refractivity contribution >= 4 is 52.1 Å². The highest BCUT2D eigenvalue weighted by Crippen LogP contribution is 2.32. The van der Waals surface area contributed by atoms with Gasteiger partial charge < -0.3 is 10.3 Å². The van der Waals surface area contributed by atoms with Gasteiger partial charge in [0, 0.05) is 28.0 Å². The normalized spacial score (nSPS) is 10.5. The number of hydrogen-bond donors (Lipinski definition) is 1. The molecule has 0 radical (unpaired) electrons. The van der Waals surface area contributed by atoms with E-state index in [9.17, 15) is 0 Å². The molecule has 0 saturated heterocycles. The molecule has 2 heterocycles. The van der Waals surface area contributed by atoms with E-state index in [2.05, 4.69) is 29.5 Å². The Morgan fingerprint density at radius 1 is 1.14 bits per heavy atom. The number of nitrogens with two attached hydrogens (primary N) is 1. The summed E-state index contributed by atoms with van der Waals surface area (Å²) < 4.78 is 2.13. The van der Waals surface area contributed by atoms with Gasteiger partial charge in [0.15, 0.2) is 5.13 Å². The van der Waals surface area contributed by atoms with Gasteiger partial charge in [0.05, 0.1) is 15.7 Å². The maximum absolute atomic E-state index is 6.12. The van der Waals surface area contributed by atoms with E-state index in [1.54, 1.807) is 6.07 Å². The summed E-state index contributed by atoms with van der Waals surface area (Å²) in [6.07, 6.45) is 0. The fraction of sp³-hybridized carbons (Fsp3) is 0.133. The molecule has 3 aromatic rings. The lowest BCUT2D eigenvalue weighted by molar-refractivity contribution is 0.966. The first-order chi connectivity index (χ1) is 9.97. The smallest absolute Gasteiger partial charge is 0.180 e. The van der Waals surface area contributed by atoms with Crippen molar-refractivity contribution in [3.8, 4) is 16.9 Å². The molecule has 0 aliphatic rings. The fourth-order valence-corrected chi connectivity index (χ4v) is 3.31. The summed E-state index contributed by atoms with van der Waals surface area (Å²) in [6.45, 7) is 4.11. The van der Waals surface area contributed by atoms with E-state index in [1.807, 2.05) is 17.5 Å². The zero-order valence-electron chi connectivity index (χ0n) is 11.9. The lowest BCUT2D eigenvalue weighted by Crippen LogP contribution is -1.99. The van der Waals surface area contributed by atoms with Crippen molar-refractivity contribution in [2.45, 2.75) is 13.8 Å². The molecule has 0 bridgehead atoms. The second-order valence-corrected chi connectivity index (χ2v) is 6.49. The highest BCUT2D eigenvalue weighted by Gasteiger charge is 2.15. The van der Waals surface area contributed by atoms with Crippen molar-refractivity contribution in [1.29, 1.82) is 0 Å². The Kier molecular flexibility index (Phi) is 5.07. The molecule has 0 atom stereocenters. The largest absolute Gasteiger partial charge is 0.375 e. The minimum atomic E-state index is 0. The quantitative estimate of drug-likeness (QED) is 0.641. The summed E-state index contributed by atoms with van der Waals surface area (Å²) in [7, 11) is 0. The molecule has 0 spiro atoms. The minimum absolute atomic E-state index is 0. The van der Waals surface area contributed by atoms with Crippen LogP contribution in [-0.2, 0) is 0 Å². The summed E-state index contributed by atoms with van der Waals surface area (Å²) in [6, 6.07) is 7.72. The second kappa shape index (κ2) is 6.50. The van der Waals surface area contributed by atoms with Crippen LogP contribution in [0.25, 0.3) is 16.9 Å². The Hall–Kier alpha value is -1.20. The third-order valence-electron chi connectivity index (χ3n) is 3.39. The van der Waals surface area contributed by atoms with Crippen molar-refractivity contribution in [2.75, 3.05) is 5.73 Å². The number of nitrogens with zero attached hydrogens (tertiary/aromatic N) is 2. The van der Waals surface area contributed by atoms with E-state index >= 15 is 0 Å². The summed E-state index contributed by atoms with van der Waals surface area (Å²) >= 11 is 13.6. The van der Waals surface area contributed by atoms with Crippen LogP contribution in [0.1, 0.15) is 11.4 Å². The predicted octanol–water partition coefficient (Wildman–Crippen LogP) is 5.53. The van der Waals surface area contributed by atoms with Crippen LogP contribution in [0.3, 0.4) is 0 Å². The molecule has 22 heavy (non-hydrogen) atoms. The van der Waals surface area contributed by atoms with Crippen molar-refractivity contribution in [3.63, 3.8) is 0 Å². The predicted molar refractivity (Wildman–Crippen MR) is 98.0 cm³/mol. The molecule has 116 valence electrons. The Labute approximate surface area is 149 Å². The molecule has 3 rings (SSSR count). The molecule has 0 aliphatic carbocycles. The first-order valence-corrected chi connectivity index (χ1v) is 7.96. The third kappa shape index (κ3) is 2.97. The topological polar surface area (TPSA) is 43.8 Å². The Morgan fingerprint density at radius 2 is 1.86 bits per heavy atom. The van der Waals surface area contributed by atoms with Gasteiger partial charge in [-0.3, -0.25) is 0 Å². The Morgan fingerprint density at radius 3 is 2.45 bits per heavy atom. The molecule has 2 N–H and O–H groups in total. The molecule has 0 unspecified atom stereocenters. The lowest BCUT2D eigenvalue weighted by Gasteiger charge is -2.10. The number of halogens is 3. The zero-order chi connectivity index (χ0) is 15.1. The molecule has 0 aliphatic heterocycles. The van der Waals surface area contributed by atoms with Crippen LogP contribution in [0, 0.1) is 13.8 Å². The summed E-state index contributed by atoms with van der Waals surface area (Å²) in [4.78, 5) is 4.36. The van der Waals surface area contributed by atoms with Crippen LogP contribution in [0.2, 0.25) is 10.0 Å². The SMILES string of the molecule is Cc1cc(-c2csc(N)n2)c(C)n1-c1ccc(Cl)c(Cl)c1.Cl. The molecule has 3 nitrogen and oxygen atoms in total. The highest BCUT2D eigenvalue weighted by atomic mass is 35.5. The van der Waals surface area contributed by atoms with Crippen LogP contribution >= 0.6 is 46.9 Å². The monoisotopic (exact) mass is 373 g/mol. The first kappa shape index (κ1) is 17.2. The summed E-state index contributed by atoms with van der Waals surface area (Å²) in [5.41, 5.74) is 10.9. The summed E-state index contributed by atoms with van der Waals surface area (Å²) in [5, 5.41) is 3.64. The van der Waals surface area contributed by atoms with Crippen molar-refractivity contribution in [1.82, 2.24) is 9.55 Å². The minimum Gasteiger partial charge on any atom is -0.375 e. The van der Waals surface area contributed by atoms with Crippen LogP contribution in [-0.4, -0.2) is 9.55 Å². The maximum atomic E-state index is 6.12. The Balaban J connectivity index is 0.00000176. The van der Waals surface area contributed by atoms with Crippen molar-refractivity contribution in [3.05, 3.63) is 51.1 Å². The van der Waals surface area contributed by atoms with E-state index in [0.717, 1.165) is 28.3 Å². The molecule has 0 fully saturated rings. The van der Waals surface area contributed by atoms with E-state index in [1.165, 1.54) is 11.3 Å². The van der Waals surface area contributed by atoms with E-state index in [0.29, 0.717) is 15.2 Å². The summed E-state index contributed by atoms with van der Waals surface area (Å²) in [5.74, 6) is 0. The molecule has 7 heteroatoms. The van der Waals surface area contributed by atoms with Gasteiger partial charge in [-0.25, -0.2) is 4.98 Å². The number of benzene rings is 1. The molecular weight excluding hydrogens is 361 g/mol. The van der Waals surface area contributed by atoms with Gasteiger partial charge in [0.25, 0.3) is 0 Å². The van der Waals surface area contributed by atoms with Crippen molar-refractivity contribution in [2.24, 2.45) is 0 Å². The highest BCUT2D eigenvalue weighted by molar-refractivity contribution is 7.13. The van der Waals surface area contributed by atoms with Gasteiger partial charge in [-0.2, -0.15) is 0 Å². The maximum Gasteiger partial charge on any atom is 0.180 e. The van der Waals surface area contributed by atoms with Crippen LogP contribution in [0.5, 0.6) is 0 Å². The molecule has 1 aromatic carbocycles. The number of aryl methyl sites for hydroxylation is 1. The van der Waals surface area contributed by atoms with Gasteiger partial charge in [-0.15, -0.1) is 23.7 Å². The lowest BCUT2D eigenvalue weighted by atomic mass is 10.2. The molecular formula is C15H14Cl3N3S. The first-order valence-electron chi connectivity index (χ1n) is 6.33. The fourth-order valence-electron chi connectivity index (χ4n) is 2.45. The molecule has 0 amide bonds. The standard InChI is InChI=1S/C15H13Cl2N3S.ClH/c1-8-5-11(14-7-21-15(18)19-14)9(2)20(8)10-3-4-12(16)13(17)6-10;/h3-7H,1-2H3,(H2,18,19);1H. The number of rotatable bonds is 2. The third-order valence-corrected chi connectivity index (χ3v) is 4.80.